The van der Waals surface area contributed by atoms with E-state index in [1.165, 1.54) is 35.6 Å². The molecule has 3 aromatic rings. The SMILES string of the molecule is O=C(CSc1nc2cc(Cl)ccc2c(=O)n1-c1ccc(Cl)cc1)NC1CCCCCCC1. The number of hydrogen-bond donors (Lipinski definition) is 1. The second-order valence-electron chi connectivity index (χ2n) is 8.07. The molecular weight excluding hydrogens is 465 g/mol. The molecule has 2 aromatic carbocycles. The van der Waals surface area contributed by atoms with Gasteiger partial charge in [0.1, 0.15) is 0 Å². The zero-order valence-corrected chi connectivity index (χ0v) is 20.0. The zero-order chi connectivity index (χ0) is 22.5. The second kappa shape index (κ2) is 10.7. The van der Waals surface area contributed by atoms with E-state index in [2.05, 4.69) is 10.3 Å². The van der Waals surface area contributed by atoms with Crippen LogP contribution in [0.3, 0.4) is 0 Å². The van der Waals surface area contributed by atoms with Crippen LogP contribution in [0.15, 0.2) is 52.4 Å². The number of nitrogens with one attached hydrogen (secondary N) is 1. The van der Waals surface area contributed by atoms with Crippen LogP contribution < -0.4 is 10.9 Å². The summed E-state index contributed by atoms with van der Waals surface area (Å²) < 4.78 is 1.53. The lowest BCUT2D eigenvalue weighted by atomic mass is 9.97. The largest absolute Gasteiger partial charge is 0.353 e. The number of fused-ring (bicyclic) bond motifs is 1. The van der Waals surface area contributed by atoms with Crippen LogP contribution in [0.1, 0.15) is 44.9 Å². The molecule has 168 valence electrons. The Bertz CT molecular complexity index is 1160. The van der Waals surface area contributed by atoms with E-state index in [4.69, 9.17) is 23.2 Å². The third-order valence-electron chi connectivity index (χ3n) is 5.69. The van der Waals surface area contributed by atoms with Gasteiger partial charge < -0.3 is 5.32 Å². The first kappa shape index (κ1) is 23.1. The third kappa shape index (κ3) is 5.66. The number of halogens is 2. The van der Waals surface area contributed by atoms with Gasteiger partial charge in [-0.3, -0.25) is 14.2 Å². The molecule has 32 heavy (non-hydrogen) atoms. The number of hydrogen-bond acceptors (Lipinski definition) is 4. The number of carbonyl (C=O) groups excluding carboxylic acids is 1. The van der Waals surface area contributed by atoms with Gasteiger partial charge in [0.05, 0.1) is 22.3 Å². The highest BCUT2D eigenvalue weighted by atomic mass is 35.5. The summed E-state index contributed by atoms with van der Waals surface area (Å²) in [5.74, 6) is 0.145. The van der Waals surface area contributed by atoms with Crippen molar-refractivity contribution in [2.24, 2.45) is 0 Å². The maximum absolute atomic E-state index is 13.3. The maximum atomic E-state index is 13.3. The highest BCUT2D eigenvalue weighted by molar-refractivity contribution is 7.99. The van der Waals surface area contributed by atoms with Crippen LogP contribution in [0.25, 0.3) is 16.6 Å². The van der Waals surface area contributed by atoms with Gasteiger partial charge in [-0.05, 0) is 55.3 Å². The van der Waals surface area contributed by atoms with Crippen LogP contribution in [0, 0.1) is 0 Å². The fourth-order valence-electron chi connectivity index (χ4n) is 4.05. The summed E-state index contributed by atoms with van der Waals surface area (Å²) in [6.07, 6.45) is 8.12. The average Bonchev–Trinajstić information content (AvgIpc) is 2.75. The summed E-state index contributed by atoms with van der Waals surface area (Å²) in [7, 11) is 0. The molecule has 0 bridgehead atoms. The minimum absolute atomic E-state index is 0.0383. The van der Waals surface area contributed by atoms with Crippen molar-refractivity contribution in [2.45, 2.75) is 56.1 Å². The van der Waals surface area contributed by atoms with Crippen molar-refractivity contribution >= 4 is 51.8 Å². The summed E-state index contributed by atoms with van der Waals surface area (Å²) in [5, 5.41) is 5.17. The number of nitrogens with zero attached hydrogens (tertiary/aromatic N) is 2. The zero-order valence-electron chi connectivity index (χ0n) is 17.7. The van der Waals surface area contributed by atoms with Crippen molar-refractivity contribution in [2.75, 3.05) is 5.75 Å². The lowest BCUT2D eigenvalue weighted by molar-refractivity contribution is -0.119. The lowest BCUT2D eigenvalue weighted by Gasteiger charge is -2.21. The Hall–Kier alpha value is -2.02. The molecule has 1 N–H and O–H groups in total. The Kier molecular flexibility index (Phi) is 7.76. The average molecular weight is 490 g/mol. The maximum Gasteiger partial charge on any atom is 0.266 e. The van der Waals surface area contributed by atoms with Crippen LogP contribution in [-0.2, 0) is 4.79 Å². The summed E-state index contributed by atoms with van der Waals surface area (Å²) in [6.45, 7) is 0. The summed E-state index contributed by atoms with van der Waals surface area (Å²) in [4.78, 5) is 30.7. The second-order valence-corrected chi connectivity index (χ2v) is 9.89. The third-order valence-corrected chi connectivity index (χ3v) is 7.11. The Labute approximate surface area is 201 Å². The van der Waals surface area contributed by atoms with Crippen molar-refractivity contribution in [1.29, 1.82) is 0 Å². The number of carbonyl (C=O) groups is 1. The molecule has 1 amide bonds. The van der Waals surface area contributed by atoms with Gasteiger partial charge in [-0.2, -0.15) is 0 Å². The van der Waals surface area contributed by atoms with Gasteiger partial charge in [0.2, 0.25) is 5.91 Å². The molecule has 1 heterocycles. The van der Waals surface area contributed by atoms with E-state index < -0.39 is 0 Å². The molecular formula is C24H25Cl2N3O2S. The predicted octanol–water partition coefficient (Wildman–Crippen LogP) is 6.01. The molecule has 8 heteroatoms. The van der Waals surface area contributed by atoms with Gasteiger partial charge in [-0.15, -0.1) is 0 Å². The van der Waals surface area contributed by atoms with Crippen molar-refractivity contribution in [1.82, 2.24) is 14.9 Å². The van der Waals surface area contributed by atoms with E-state index in [0.717, 1.165) is 25.7 Å². The minimum atomic E-state index is -0.211. The Morgan fingerprint density at radius 2 is 1.66 bits per heavy atom. The van der Waals surface area contributed by atoms with Gasteiger partial charge in [0.25, 0.3) is 5.56 Å². The van der Waals surface area contributed by atoms with Crippen molar-refractivity contribution in [3.8, 4) is 5.69 Å². The van der Waals surface area contributed by atoms with Crippen LogP contribution in [0.4, 0.5) is 0 Å². The predicted molar refractivity (Wildman–Crippen MR) is 132 cm³/mol. The molecule has 0 saturated heterocycles. The van der Waals surface area contributed by atoms with Gasteiger partial charge in [0.15, 0.2) is 5.16 Å². The van der Waals surface area contributed by atoms with E-state index in [-0.39, 0.29) is 23.3 Å². The molecule has 0 unspecified atom stereocenters. The fraction of sp³-hybridized carbons (Fsp3) is 0.375. The monoisotopic (exact) mass is 489 g/mol. The Morgan fingerprint density at radius 1 is 1.00 bits per heavy atom. The van der Waals surface area contributed by atoms with E-state index >= 15 is 0 Å². The lowest BCUT2D eigenvalue weighted by Crippen LogP contribution is -2.36. The normalized spacial score (nSPS) is 15.3. The van der Waals surface area contributed by atoms with Crippen LogP contribution in [0.2, 0.25) is 10.0 Å². The van der Waals surface area contributed by atoms with Gasteiger partial charge in [-0.1, -0.05) is 67.1 Å². The van der Waals surface area contributed by atoms with E-state index in [9.17, 15) is 9.59 Å². The molecule has 0 spiro atoms. The van der Waals surface area contributed by atoms with Crippen molar-refractivity contribution in [3.05, 3.63) is 62.9 Å². The first-order valence-electron chi connectivity index (χ1n) is 10.9. The first-order valence-corrected chi connectivity index (χ1v) is 12.7. The molecule has 5 nitrogen and oxygen atoms in total. The van der Waals surface area contributed by atoms with Gasteiger partial charge in [0, 0.05) is 16.1 Å². The number of thioether (sulfide) groups is 1. The number of aromatic nitrogens is 2. The molecule has 0 radical (unpaired) electrons. The molecule has 1 aromatic heterocycles. The fourth-order valence-corrected chi connectivity index (χ4v) is 5.17. The van der Waals surface area contributed by atoms with Crippen molar-refractivity contribution in [3.63, 3.8) is 0 Å². The quantitative estimate of drug-likeness (QED) is 0.351. The highest BCUT2D eigenvalue weighted by Gasteiger charge is 2.18. The minimum Gasteiger partial charge on any atom is -0.353 e. The molecule has 1 fully saturated rings. The van der Waals surface area contributed by atoms with Crippen molar-refractivity contribution < 1.29 is 4.79 Å². The van der Waals surface area contributed by atoms with E-state index in [0.29, 0.717) is 31.8 Å². The number of amides is 1. The standard InChI is InChI=1S/C24H25Cl2N3O2S/c25-16-8-11-19(12-9-16)29-23(31)20-13-10-17(26)14-21(20)28-24(29)32-15-22(30)27-18-6-4-2-1-3-5-7-18/h8-14,18H,1-7,15H2,(H,27,30). The van der Waals surface area contributed by atoms with Crippen LogP contribution in [-0.4, -0.2) is 27.3 Å². The van der Waals surface area contributed by atoms with Crippen LogP contribution >= 0.6 is 35.0 Å². The molecule has 1 aliphatic rings. The molecule has 0 atom stereocenters. The topological polar surface area (TPSA) is 64.0 Å². The van der Waals surface area contributed by atoms with Gasteiger partial charge in [-0.25, -0.2) is 4.98 Å². The smallest absolute Gasteiger partial charge is 0.266 e. The Morgan fingerprint density at radius 3 is 2.38 bits per heavy atom. The van der Waals surface area contributed by atoms with E-state index in [1.807, 2.05) is 0 Å². The number of benzene rings is 2. The van der Waals surface area contributed by atoms with E-state index in [1.54, 1.807) is 42.5 Å². The molecule has 1 saturated carbocycles. The van der Waals surface area contributed by atoms with Crippen LogP contribution in [0.5, 0.6) is 0 Å². The first-order chi connectivity index (χ1) is 15.5. The Balaban J connectivity index is 1.60. The summed E-state index contributed by atoms with van der Waals surface area (Å²) >= 11 is 13.4. The van der Waals surface area contributed by atoms with Gasteiger partial charge >= 0.3 is 0 Å². The molecule has 0 aliphatic heterocycles. The number of rotatable bonds is 5. The highest BCUT2D eigenvalue weighted by Crippen LogP contribution is 2.24. The summed E-state index contributed by atoms with van der Waals surface area (Å²) in [6, 6.07) is 12.2. The molecule has 4 rings (SSSR count). The molecule has 1 aliphatic carbocycles. The summed E-state index contributed by atoms with van der Waals surface area (Å²) in [5.41, 5.74) is 0.944.